The van der Waals surface area contributed by atoms with Crippen LogP contribution in [-0.2, 0) is 14.9 Å². The zero-order valence-corrected chi connectivity index (χ0v) is 14.4. The van der Waals surface area contributed by atoms with Crippen LogP contribution in [0.25, 0.3) is 0 Å². The number of nitrogens with one attached hydrogen (secondary N) is 2. The van der Waals surface area contributed by atoms with E-state index in [0.717, 1.165) is 25.9 Å². The van der Waals surface area contributed by atoms with Crippen molar-refractivity contribution in [2.75, 3.05) is 45.9 Å². The molecule has 0 radical (unpaired) electrons. The minimum Gasteiger partial charge on any atom is -0.380 e. The zero-order valence-electron chi connectivity index (χ0n) is 13.6. The average molecular weight is 321 g/mol. The van der Waals surface area contributed by atoms with E-state index in [0.29, 0.717) is 44.7 Å². The molecule has 21 heavy (non-hydrogen) atoms. The summed E-state index contributed by atoms with van der Waals surface area (Å²) in [5.74, 6) is 1.06. The van der Waals surface area contributed by atoms with Gasteiger partial charge in [0, 0.05) is 26.2 Å². The van der Waals surface area contributed by atoms with Crippen LogP contribution in [-0.4, -0.2) is 58.7 Å². The minimum atomic E-state index is -3.35. The van der Waals surface area contributed by atoms with Crippen molar-refractivity contribution in [2.24, 2.45) is 11.8 Å². The molecule has 0 saturated carbocycles. The van der Waals surface area contributed by atoms with Gasteiger partial charge in [-0.15, -0.1) is 0 Å². The Bertz CT molecular complexity index is 366. The van der Waals surface area contributed by atoms with E-state index in [2.05, 4.69) is 30.8 Å². The molecule has 1 heterocycles. The summed E-state index contributed by atoms with van der Waals surface area (Å²) in [6.07, 6.45) is 1.86. The SMILES string of the molecule is CCNCC1CCN(S(=O)(=O)NCCOCC(C)C)CC1. The summed E-state index contributed by atoms with van der Waals surface area (Å²) in [7, 11) is -3.35. The lowest BCUT2D eigenvalue weighted by molar-refractivity contribution is 0.114. The summed E-state index contributed by atoms with van der Waals surface area (Å²) in [5.41, 5.74) is 0. The summed E-state index contributed by atoms with van der Waals surface area (Å²) in [6, 6.07) is 0. The van der Waals surface area contributed by atoms with Gasteiger partial charge in [0.1, 0.15) is 0 Å². The van der Waals surface area contributed by atoms with Gasteiger partial charge in [-0.25, -0.2) is 0 Å². The molecular formula is C14H31N3O3S. The lowest BCUT2D eigenvalue weighted by Gasteiger charge is -2.31. The molecule has 126 valence electrons. The van der Waals surface area contributed by atoms with Gasteiger partial charge >= 0.3 is 0 Å². The van der Waals surface area contributed by atoms with E-state index in [9.17, 15) is 8.42 Å². The van der Waals surface area contributed by atoms with Crippen molar-refractivity contribution < 1.29 is 13.2 Å². The topological polar surface area (TPSA) is 70.7 Å². The fourth-order valence-corrected chi connectivity index (χ4v) is 3.57. The maximum Gasteiger partial charge on any atom is 0.279 e. The highest BCUT2D eigenvalue weighted by atomic mass is 32.2. The Morgan fingerprint density at radius 2 is 1.95 bits per heavy atom. The molecule has 2 N–H and O–H groups in total. The predicted octanol–water partition coefficient (Wildman–Crippen LogP) is 0.815. The molecule has 0 atom stereocenters. The van der Waals surface area contributed by atoms with Crippen LogP contribution in [0.1, 0.15) is 33.6 Å². The van der Waals surface area contributed by atoms with Crippen LogP contribution in [0.15, 0.2) is 0 Å². The average Bonchev–Trinajstić information content (AvgIpc) is 2.44. The first-order chi connectivity index (χ1) is 9.95. The van der Waals surface area contributed by atoms with Gasteiger partial charge in [0.05, 0.1) is 6.61 Å². The Labute approximate surface area is 129 Å². The molecule has 1 rings (SSSR count). The predicted molar refractivity (Wildman–Crippen MR) is 85.4 cm³/mol. The maximum atomic E-state index is 12.1. The van der Waals surface area contributed by atoms with Crippen molar-refractivity contribution in [1.82, 2.24) is 14.3 Å². The maximum absolute atomic E-state index is 12.1. The molecule has 0 aromatic carbocycles. The molecular weight excluding hydrogens is 290 g/mol. The monoisotopic (exact) mass is 321 g/mol. The summed E-state index contributed by atoms with van der Waals surface area (Å²) in [4.78, 5) is 0. The molecule has 1 aliphatic heterocycles. The summed E-state index contributed by atoms with van der Waals surface area (Å²) in [5, 5.41) is 3.33. The number of ether oxygens (including phenoxy) is 1. The van der Waals surface area contributed by atoms with Crippen molar-refractivity contribution in [1.29, 1.82) is 0 Å². The van der Waals surface area contributed by atoms with Crippen LogP contribution in [0.3, 0.4) is 0 Å². The molecule has 0 aromatic rings. The smallest absolute Gasteiger partial charge is 0.279 e. The second kappa shape index (κ2) is 9.74. The summed E-state index contributed by atoms with van der Waals surface area (Å²) < 4.78 is 33.9. The zero-order chi connectivity index (χ0) is 15.7. The minimum absolute atomic E-state index is 0.340. The Morgan fingerprint density at radius 1 is 1.29 bits per heavy atom. The Morgan fingerprint density at radius 3 is 2.52 bits per heavy atom. The second-order valence-electron chi connectivity index (χ2n) is 6.02. The van der Waals surface area contributed by atoms with Gasteiger partial charge in [-0.3, -0.25) is 0 Å². The van der Waals surface area contributed by atoms with Gasteiger partial charge in [0.2, 0.25) is 0 Å². The molecule has 6 nitrogen and oxygen atoms in total. The molecule has 0 aliphatic carbocycles. The molecule has 1 aliphatic rings. The van der Waals surface area contributed by atoms with Gasteiger partial charge < -0.3 is 10.1 Å². The third-order valence-electron chi connectivity index (χ3n) is 3.58. The molecule has 0 aromatic heterocycles. The first-order valence-corrected chi connectivity index (χ1v) is 9.43. The quantitative estimate of drug-likeness (QED) is 0.584. The molecule has 0 spiro atoms. The van der Waals surface area contributed by atoms with Gasteiger partial charge in [0.25, 0.3) is 10.2 Å². The molecule has 0 amide bonds. The van der Waals surface area contributed by atoms with Crippen LogP contribution in [0.5, 0.6) is 0 Å². The fourth-order valence-electron chi connectivity index (χ4n) is 2.36. The van der Waals surface area contributed by atoms with Crippen molar-refractivity contribution in [3.63, 3.8) is 0 Å². The third kappa shape index (κ3) is 7.56. The first kappa shape index (κ1) is 18.8. The van der Waals surface area contributed by atoms with E-state index in [4.69, 9.17) is 4.74 Å². The Kier molecular flexibility index (Phi) is 8.73. The van der Waals surface area contributed by atoms with Crippen molar-refractivity contribution in [3.05, 3.63) is 0 Å². The molecule has 7 heteroatoms. The van der Waals surface area contributed by atoms with Gasteiger partial charge in [-0.1, -0.05) is 20.8 Å². The molecule has 0 bridgehead atoms. The standard InChI is InChI=1S/C14H31N3O3S/c1-4-15-11-14-5-8-17(9-6-14)21(18,19)16-7-10-20-12-13(2)3/h13-16H,4-12H2,1-3H3. The highest BCUT2D eigenvalue weighted by Crippen LogP contribution is 2.18. The molecule has 0 unspecified atom stereocenters. The van der Waals surface area contributed by atoms with E-state index in [1.807, 2.05) is 0 Å². The highest BCUT2D eigenvalue weighted by molar-refractivity contribution is 7.87. The molecule has 1 saturated heterocycles. The lowest BCUT2D eigenvalue weighted by atomic mass is 9.98. The number of rotatable bonds is 10. The summed E-state index contributed by atoms with van der Waals surface area (Å²) in [6.45, 7) is 10.8. The second-order valence-corrected chi connectivity index (χ2v) is 7.77. The normalized spacial score (nSPS) is 18.5. The third-order valence-corrected chi connectivity index (χ3v) is 5.19. The van der Waals surface area contributed by atoms with Crippen molar-refractivity contribution in [2.45, 2.75) is 33.6 Å². The van der Waals surface area contributed by atoms with E-state index >= 15 is 0 Å². The van der Waals surface area contributed by atoms with Crippen LogP contribution >= 0.6 is 0 Å². The van der Waals surface area contributed by atoms with E-state index in [1.54, 1.807) is 4.31 Å². The lowest BCUT2D eigenvalue weighted by Crippen LogP contribution is -2.46. The number of piperidine rings is 1. The Hall–Kier alpha value is -0.210. The van der Waals surface area contributed by atoms with Crippen LogP contribution in [0.4, 0.5) is 0 Å². The van der Waals surface area contributed by atoms with Gasteiger partial charge in [-0.05, 0) is 37.8 Å². The van der Waals surface area contributed by atoms with E-state index < -0.39 is 10.2 Å². The Balaban J connectivity index is 2.23. The number of nitrogens with zero attached hydrogens (tertiary/aromatic N) is 1. The van der Waals surface area contributed by atoms with Crippen LogP contribution in [0.2, 0.25) is 0 Å². The summed E-state index contributed by atoms with van der Waals surface area (Å²) >= 11 is 0. The van der Waals surface area contributed by atoms with Gasteiger partial charge in [-0.2, -0.15) is 17.4 Å². The van der Waals surface area contributed by atoms with Crippen LogP contribution in [0, 0.1) is 11.8 Å². The van der Waals surface area contributed by atoms with Gasteiger partial charge in [0.15, 0.2) is 0 Å². The van der Waals surface area contributed by atoms with Crippen molar-refractivity contribution >= 4 is 10.2 Å². The van der Waals surface area contributed by atoms with E-state index in [-0.39, 0.29) is 0 Å². The number of hydrogen-bond acceptors (Lipinski definition) is 4. The highest BCUT2D eigenvalue weighted by Gasteiger charge is 2.27. The molecule has 1 fully saturated rings. The van der Waals surface area contributed by atoms with E-state index in [1.165, 1.54) is 0 Å². The van der Waals surface area contributed by atoms with Crippen LogP contribution < -0.4 is 10.0 Å². The largest absolute Gasteiger partial charge is 0.380 e. The van der Waals surface area contributed by atoms with Crippen molar-refractivity contribution in [3.8, 4) is 0 Å². The number of hydrogen-bond donors (Lipinski definition) is 2. The first-order valence-electron chi connectivity index (χ1n) is 7.99. The fraction of sp³-hybridized carbons (Fsp3) is 1.00.